The summed E-state index contributed by atoms with van der Waals surface area (Å²) in [6.07, 6.45) is 1.69. The van der Waals surface area contributed by atoms with Crippen molar-refractivity contribution in [3.8, 4) is 0 Å². The van der Waals surface area contributed by atoms with E-state index in [-0.39, 0.29) is 23.3 Å². The first-order chi connectivity index (χ1) is 18.8. The van der Waals surface area contributed by atoms with Gasteiger partial charge in [-0.25, -0.2) is 13.4 Å². The predicted molar refractivity (Wildman–Crippen MR) is 157 cm³/mol. The van der Waals surface area contributed by atoms with Crippen LogP contribution in [0, 0.1) is 0 Å². The Morgan fingerprint density at radius 1 is 0.897 bits per heavy atom. The van der Waals surface area contributed by atoms with Crippen LogP contribution in [0.3, 0.4) is 0 Å². The lowest BCUT2D eigenvalue weighted by Crippen LogP contribution is -2.31. The second-order valence-corrected chi connectivity index (χ2v) is 12.4. The summed E-state index contributed by atoms with van der Waals surface area (Å²) in [6.45, 7) is 4.47. The molecule has 198 valence electrons. The summed E-state index contributed by atoms with van der Waals surface area (Å²) in [5.41, 5.74) is 3.64. The summed E-state index contributed by atoms with van der Waals surface area (Å²) in [4.78, 5) is 24.9. The van der Waals surface area contributed by atoms with Gasteiger partial charge in [0.15, 0.2) is 5.13 Å². The number of rotatable bonds is 8. The third-order valence-corrected chi connectivity index (χ3v) is 9.31. The van der Waals surface area contributed by atoms with Crippen molar-refractivity contribution < 1.29 is 13.2 Å². The van der Waals surface area contributed by atoms with Gasteiger partial charge in [0.1, 0.15) is 0 Å². The number of thiazole rings is 1. The molecule has 0 aliphatic heterocycles. The molecule has 2 heterocycles. The summed E-state index contributed by atoms with van der Waals surface area (Å²) in [6, 6.07) is 26.5. The van der Waals surface area contributed by atoms with E-state index < -0.39 is 10.0 Å². The molecule has 2 aromatic heterocycles. The van der Waals surface area contributed by atoms with E-state index in [0.29, 0.717) is 16.4 Å². The number of sulfonamides is 1. The highest BCUT2D eigenvalue weighted by Gasteiger charge is 2.25. The molecule has 0 saturated carbocycles. The molecular formula is C30H28N4O3S2. The van der Waals surface area contributed by atoms with Gasteiger partial charge in [-0.2, -0.15) is 0 Å². The smallest absolute Gasteiger partial charge is 0.264 e. The predicted octanol–water partition coefficient (Wildman–Crippen LogP) is 6.49. The zero-order chi connectivity index (χ0) is 27.6. The van der Waals surface area contributed by atoms with E-state index in [4.69, 9.17) is 4.98 Å². The number of carbonyl (C=O) groups excluding carboxylic acids is 1. The summed E-state index contributed by atoms with van der Waals surface area (Å²) in [5.74, 6) is -0.00160. The van der Waals surface area contributed by atoms with Crippen molar-refractivity contribution in [2.75, 3.05) is 16.3 Å². The molecule has 0 atom stereocenters. The van der Waals surface area contributed by atoms with E-state index in [1.807, 2.05) is 36.4 Å². The molecule has 9 heteroatoms. The van der Waals surface area contributed by atoms with Crippen LogP contribution in [0.5, 0.6) is 0 Å². The Hall–Kier alpha value is -4.08. The molecule has 0 unspecified atom stereocenters. The topological polar surface area (TPSA) is 83.5 Å². The van der Waals surface area contributed by atoms with E-state index in [2.05, 4.69) is 24.9 Å². The first-order valence-corrected chi connectivity index (χ1v) is 14.8. The fourth-order valence-corrected chi connectivity index (χ4v) is 6.47. The SMILES string of the molecule is CC(C)c1cccc2sc(N(Cc3ccccn3)C(=O)c3ccc(S(=O)(=O)N(C)c4ccccc4)cc3)nc12. The number of carbonyl (C=O) groups is 1. The number of fused-ring (bicyclic) bond motifs is 1. The molecule has 5 rings (SSSR count). The van der Waals surface area contributed by atoms with Gasteiger partial charge in [-0.05, 0) is 66.1 Å². The Kier molecular flexibility index (Phi) is 7.45. The van der Waals surface area contributed by atoms with Crippen LogP contribution in [0.25, 0.3) is 10.2 Å². The molecule has 0 bridgehead atoms. The van der Waals surface area contributed by atoms with Crippen molar-refractivity contribution in [2.45, 2.75) is 31.2 Å². The Bertz CT molecular complexity index is 1700. The highest BCUT2D eigenvalue weighted by molar-refractivity contribution is 7.92. The van der Waals surface area contributed by atoms with Crippen molar-refractivity contribution in [1.82, 2.24) is 9.97 Å². The number of nitrogens with zero attached hydrogens (tertiary/aromatic N) is 4. The molecule has 0 fully saturated rings. The molecule has 0 spiro atoms. The highest BCUT2D eigenvalue weighted by atomic mass is 32.2. The van der Waals surface area contributed by atoms with Crippen LogP contribution in [0.15, 0.2) is 102 Å². The lowest BCUT2D eigenvalue weighted by Gasteiger charge is -2.21. The molecular weight excluding hydrogens is 528 g/mol. The lowest BCUT2D eigenvalue weighted by molar-refractivity contribution is 0.0984. The molecule has 0 aliphatic carbocycles. The first kappa shape index (κ1) is 26.5. The molecule has 0 saturated heterocycles. The highest BCUT2D eigenvalue weighted by Crippen LogP contribution is 2.35. The molecule has 5 aromatic rings. The normalized spacial score (nSPS) is 11.6. The van der Waals surface area contributed by atoms with Crippen LogP contribution in [0.2, 0.25) is 0 Å². The van der Waals surface area contributed by atoms with Gasteiger partial charge in [-0.15, -0.1) is 0 Å². The number of hydrogen-bond donors (Lipinski definition) is 0. The van der Waals surface area contributed by atoms with Gasteiger partial charge in [0.25, 0.3) is 15.9 Å². The van der Waals surface area contributed by atoms with Crippen molar-refractivity contribution >= 4 is 48.3 Å². The third kappa shape index (κ3) is 5.41. The average Bonchev–Trinajstić information content (AvgIpc) is 3.40. The maximum Gasteiger partial charge on any atom is 0.264 e. The standard InChI is InChI=1S/C30H28N4O3S2/c1-21(2)26-13-9-14-27-28(26)32-30(38-27)34(20-23-10-7-8-19-31-23)29(35)22-15-17-25(18-16-22)39(36,37)33(3)24-11-5-4-6-12-24/h4-19,21H,20H2,1-3H3. The Morgan fingerprint density at radius 3 is 2.28 bits per heavy atom. The van der Waals surface area contributed by atoms with Gasteiger partial charge in [-0.1, -0.05) is 61.6 Å². The summed E-state index contributed by atoms with van der Waals surface area (Å²) in [7, 11) is -2.29. The summed E-state index contributed by atoms with van der Waals surface area (Å²) >= 11 is 1.45. The fourth-order valence-electron chi connectivity index (χ4n) is 4.28. The first-order valence-electron chi connectivity index (χ1n) is 12.5. The second kappa shape index (κ2) is 11.0. The maximum atomic E-state index is 13.9. The number of aromatic nitrogens is 2. The molecule has 0 N–H and O–H groups in total. The maximum absolute atomic E-state index is 13.9. The van der Waals surface area contributed by atoms with Crippen LogP contribution in [-0.4, -0.2) is 31.3 Å². The van der Waals surface area contributed by atoms with E-state index in [0.717, 1.165) is 21.5 Å². The minimum absolute atomic E-state index is 0.100. The van der Waals surface area contributed by atoms with Crippen molar-refractivity contribution in [1.29, 1.82) is 0 Å². The minimum atomic E-state index is -3.80. The second-order valence-electron chi connectivity index (χ2n) is 9.39. The zero-order valence-electron chi connectivity index (χ0n) is 21.9. The molecule has 0 radical (unpaired) electrons. The fraction of sp³-hybridized carbons (Fsp3) is 0.167. The molecule has 7 nitrogen and oxygen atoms in total. The average molecular weight is 557 g/mol. The van der Waals surface area contributed by atoms with E-state index >= 15 is 0 Å². The summed E-state index contributed by atoms with van der Waals surface area (Å²) < 4.78 is 28.6. The number of pyridine rings is 1. The van der Waals surface area contributed by atoms with E-state index in [9.17, 15) is 13.2 Å². The molecule has 0 aliphatic rings. The number of amides is 1. The summed E-state index contributed by atoms with van der Waals surface area (Å²) in [5, 5.41) is 0.564. The van der Waals surface area contributed by atoms with Crippen LogP contribution in [-0.2, 0) is 16.6 Å². The minimum Gasteiger partial charge on any atom is -0.278 e. The van der Waals surface area contributed by atoms with Crippen LogP contribution >= 0.6 is 11.3 Å². The molecule has 1 amide bonds. The number of para-hydroxylation sites is 2. The Morgan fingerprint density at radius 2 is 1.62 bits per heavy atom. The van der Waals surface area contributed by atoms with Crippen LogP contribution in [0.1, 0.15) is 41.4 Å². The van der Waals surface area contributed by atoms with Gasteiger partial charge in [-0.3, -0.25) is 19.0 Å². The number of benzene rings is 3. The Labute approximate surface area is 232 Å². The van der Waals surface area contributed by atoms with Gasteiger partial charge in [0.05, 0.1) is 33.0 Å². The zero-order valence-corrected chi connectivity index (χ0v) is 23.5. The van der Waals surface area contributed by atoms with E-state index in [1.54, 1.807) is 47.5 Å². The lowest BCUT2D eigenvalue weighted by atomic mass is 10.0. The van der Waals surface area contributed by atoms with Crippen molar-refractivity contribution in [2.24, 2.45) is 0 Å². The van der Waals surface area contributed by atoms with Gasteiger partial charge in [0, 0.05) is 18.8 Å². The van der Waals surface area contributed by atoms with Crippen LogP contribution < -0.4 is 9.21 Å². The van der Waals surface area contributed by atoms with Crippen LogP contribution in [0.4, 0.5) is 10.8 Å². The number of anilines is 2. The van der Waals surface area contributed by atoms with Gasteiger partial charge < -0.3 is 0 Å². The van der Waals surface area contributed by atoms with Crippen molar-refractivity contribution in [3.05, 3.63) is 114 Å². The largest absolute Gasteiger partial charge is 0.278 e. The van der Waals surface area contributed by atoms with Gasteiger partial charge >= 0.3 is 0 Å². The van der Waals surface area contributed by atoms with E-state index in [1.165, 1.54) is 34.8 Å². The molecule has 39 heavy (non-hydrogen) atoms. The third-order valence-electron chi connectivity index (χ3n) is 6.46. The monoisotopic (exact) mass is 556 g/mol. The Balaban J connectivity index is 1.50. The van der Waals surface area contributed by atoms with Crippen molar-refractivity contribution in [3.63, 3.8) is 0 Å². The number of hydrogen-bond acceptors (Lipinski definition) is 6. The van der Waals surface area contributed by atoms with Gasteiger partial charge in [0.2, 0.25) is 0 Å². The quantitative estimate of drug-likeness (QED) is 0.218. The molecule has 3 aromatic carbocycles.